The van der Waals surface area contributed by atoms with Crippen molar-refractivity contribution in [2.24, 2.45) is 0 Å². The van der Waals surface area contributed by atoms with Gasteiger partial charge in [0, 0.05) is 18.4 Å². The minimum absolute atomic E-state index is 0.0142. The van der Waals surface area contributed by atoms with Gasteiger partial charge in [-0.2, -0.15) is 24.5 Å². The molecule has 9 heteroatoms. The van der Waals surface area contributed by atoms with E-state index in [-0.39, 0.29) is 11.4 Å². The van der Waals surface area contributed by atoms with E-state index in [0.29, 0.717) is 13.0 Å². The second-order valence-corrected chi connectivity index (χ2v) is 6.91. The third-order valence-corrected chi connectivity index (χ3v) is 4.74. The highest BCUT2D eigenvalue weighted by molar-refractivity contribution is 7.08. The number of amides is 2. The van der Waals surface area contributed by atoms with E-state index >= 15 is 0 Å². The molecule has 1 aromatic heterocycles. The van der Waals surface area contributed by atoms with Crippen LogP contribution in [0.1, 0.15) is 24.0 Å². The first-order valence-electron chi connectivity index (χ1n) is 8.48. The molecule has 3 rings (SSSR count). The molecule has 0 radical (unpaired) electrons. The predicted octanol–water partition coefficient (Wildman–Crippen LogP) is 4.54. The van der Waals surface area contributed by atoms with Crippen LogP contribution in [-0.4, -0.2) is 24.5 Å². The van der Waals surface area contributed by atoms with Gasteiger partial charge in [0.15, 0.2) is 0 Å². The van der Waals surface area contributed by atoms with E-state index in [1.54, 1.807) is 11.4 Å². The Balaban J connectivity index is 1.75. The summed E-state index contributed by atoms with van der Waals surface area (Å²) in [7, 11) is 0. The van der Waals surface area contributed by atoms with Gasteiger partial charge in [0.1, 0.15) is 6.10 Å². The van der Waals surface area contributed by atoms with Crippen LogP contribution in [0.3, 0.4) is 0 Å². The van der Waals surface area contributed by atoms with E-state index in [4.69, 9.17) is 4.74 Å². The van der Waals surface area contributed by atoms with E-state index in [9.17, 15) is 22.8 Å². The van der Waals surface area contributed by atoms with Crippen LogP contribution in [0.4, 0.5) is 24.5 Å². The van der Waals surface area contributed by atoms with Crippen molar-refractivity contribution in [2.75, 3.05) is 17.2 Å². The molecule has 1 saturated heterocycles. The molecular weight excluding hydrogens is 393 g/mol. The van der Waals surface area contributed by atoms with Gasteiger partial charge in [-0.3, -0.25) is 9.59 Å². The smallest absolute Gasteiger partial charge is 0.368 e. The van der Waals surface area contributed by atoms with Crippen LogP contribution in [0.5, 0.6) is 0 Å². The normalized spacial score (nSPS) is 17.0. The van der Waals surface area contributed by atoms with Gasteiger partial charge in [0.25, 0.3) is 5.91 Å². The fourth-order valence-electron chi connectivity index (χ4n) is 2.69. The fraction of sp³-hybridized carbons (Fsp3) is 0.263. The highest BCUT2D eigenvalue weighted by Gasteiger charge is 2.34. The molecular formula is C19H17F3N2O3S. The van der Waals surface area contributed by atoms with E-state index in [0.717, 1.165) is 30.2 Å². The Morgan fingerprint density at radius 3 is 2.68 bits per heavy atom. The molecule has 5 nitrogen and oxygen atoms in total. The van der Waals surface area contributed by atoms with Crippen LogP contribution < -0.4 is 10.6 Å². The fourth-order valence-corrected chi connectivity index (χ4v) is 3.32. The molecule has 2 heterocycles. The van der Waals surface area contributed by atoms with Crippen molar-refractivity contribution in [2.45, 2.75) is 25.1 Å². The largest absolute Gasteiger partial charge is 0.418 e. The Kier molecular flexibility index (Phi) is 6.15. The van der Waals surface area contributed by atoms with E-state index in [2.05, 4.69) is 10.6 Å². The Hall–Kier alpha value is -2.65. The molecule has 2 amide bonds. The summed E-state index contributed by atoms with van der Waals surface area (Å²) < 4.78 is 45.5. The molecule has 1 fully saturated rings. The summed E-state index contributed by atoms with van der Waals surface area (Å²) in [5.41, 5.74) is -0.666. The minimum Gasteiger partial charge on any atom is -0.368 e. The number of thiophene rings is 1. The highest BCUT2D eigenvalue weighted by atomic mass is 32.1. The summed E-state index contributed by atoms with van der Waals surface area (Å²) in [5.74, 6) is -1.17. The van der Waals surface area contributed by atoms with Gasteiger partial charge < -0.3 is 15.4 Å². The summed E-state index contributed by atoms with van der Waals surface area (Å²) >= 11 is 1.44. The molecule has 0 saturated carbocycles. The molecule has 1 atom stereocenters. The number of hydrogen-bond donors (Lipinski definition) is 2. The topological polar surface area (TPSA) is 67.4 Å². The lowest BCUT2D eigenvalue weighted by molar-refractivity contribution is -0.137. The molecule has 1 aliphatic heterocycles. The van der Waals surface area contributed by atoms with Crippen molar-refractivity contribution < 1.29 is 27.5 Å². The van der Waals surface area contributed by atoms with Gasteiger partial charge in [-0.15, -0.1) is 0 Å². The quantitative estimate of drug-likeness (QED) is 0.712. The number of nitrogens with one attached hydrogen (secondary N) is 2. The van der Waals surface area contributed by atoms with E-state index in [1.165, 1.54) is 23.5 Å². The van der Waals surface area contributed by atoms with Crippen LogP contribution in [-0.2, 0) is 20.5 Å². The number of benzene rings is 1. The Bertz CT molecular complexity index is 873. The summed E-state index contributed by atoms with van der Waals surface area (Å²) in [6, 6.07) is 5.00. The number of alkyl halides is 3. The molecule has 2 aromatic rings. The van der Waals surface area contributed by atoms with Crippen LogP contribution in [0, 0.1) is 0 Å². The summed E-state index contributed by atoms with van der Waals surface area (Å²) in [4.78, 5) is 24.0. The predicted molar refractivity (Wildman–Crippen MR) is 101 cm³/mol. The van der Waals surface area contributed by atoms with Gasteiger partial charge in [-0.25, -0.2) is 0 Å². The monoisotopic (exact) mass is 410 g/mol. The number of carbonyl (C=O) groups is 2. The Labute approximate surface area is 163 Å². The lowest BCUT2D eigenvalue weighted by Crippen LogP contribution is -2.27. The second kappa shape index (κ2) is 8.57. The third-order valence-electron chi connectivity index (χ3n) is 4.04. The standard InChI is InChI=1S/C19H17F3N2O3S/c20-19(21,22)14-10-13(23-18(26)16-2-1-8-27-16)4-5-15(14)24-17(25)6-3-12-7-9-28-11-12/h3-7,9-11,16H,1-2,8H2,(H,23,26)(H,24,25)/b6-3+. The van der Waals surface area contributed by atoms with Gasteiger partial charge in [0.05, 0.1) is 11.3 Å². The Morgan fingerprint density at radius 2 is 2.04 bits per heavy atom. The zero-order valence-corrected chi connectivity index (χ0v) is 15.4. The van der Waals surface area contributed by atoms with Crippen molar-refractivity contribution in [1.82, 2.24) is 0 Å². The summed E-state index contributed by atoms with van der Waals surface area (Å²) in [5, 5.41) is 8.29. The number of hydrogen-bond acceptors (Lipinski definition) is 4. The molecule has 28 heavy (non-hydrogen) atoms. The van der Waals surface area contributed by atoms with Crippen molar-refractivity contribution >= 4 is 40.6 Å². The maximum absolute atomic E-state index is 13.4. The average molecular weight is 410 g/mol. The zero-order chi connectivity index (χ0) is 20.1. The maximum Gasteiger partial charge on any atom is 0.418 e. The number of halogens is 3. The first-order chi connectivity index (χ1) is 13.3. The Morgan fingerprint density at radius 1 is 1.21 bits per heavy atom. The molecule has 0 bridgehead atoms. The molecule has 0 aliphatic carbocycles. The lowest BCUT2D eigenvalue weighted by atomic mass is 10.1. The van der Waals surface area contributed by atoms with Crippen LogP contribution in [0.15, 0.2) is 41.1 Å². The van der Waals surface area contributed by atoms with Crippen molar-refractivity contribution in [1.29, 1.82) is 0 Å². The van der Waals surface area contributed by atoms with E-state index in [1.807, 2.05) is 5.38 Å². The number of rotatable bonds is 5. The second-order valence-electron chi connectivity index (χ2n) is 6.13. The average Bonchev–Trinajstić information content (AvgIpc) is 3.34. The molecule has 1 unspecified atom stereocenters. The van der Waals surface area contributed by atoms with Gasteiger partial charge in [-0.05, 0) is 59.5 Å². The van der Waals surface area contributed by atoms with Gasteiger partial charge in [-0.1, -0.05) is 0 Å². The summed E-state index contributed by atoms with van der Waals surface area (Å²) in [6.45, 7) is 0.454. The third kappa shape index (κ3) is 5.20. The van der Waals surface area contributed by atoms with Crippen molar-refractivity contribution in [3.63, 3.8) is 0 Å². The zero-order valence-electron chi connectivity index (χ0n) is 14.6. The van der Waals surface area contributed by atoms with Crippen molar-refractivity contribution in [3.05, 3.63) is 52.2 Å². The van der Waals surface area contributed by atoms with Gasteiger partial charge in [0.2, 0.25) is 5.91 Å². The van der Waals surface area contributed by atoms with Crippen LogP contribution in [0.25, 0.3) is 6.08 Å². The first-order valence-corrected chi connectivity index (χ1v) is 9.42. The SMILES string of the molecule is O=C(/C=C/c1ccsc1)Nc1ccc(NC(=O)C2CCCO2)cc1C(F)(F)F. The molecule has 148 valence electrons. The number of carbonyl (C=O) groups excluding carboxylic acids is 2. The van der Waals surface area contributed by atoms with Crippen LogP contribution in [0.2, 0.25) is 0 Å². The molecule has 1 aromatic carbocycles. The molecule has 0 spiro atoms. The lowest BCUT2D eigenvalue weighted by Gasteiger charge is -2.16. The van der Waals surface area contributed by atoms with E-state index < -0.39 is 29.7 Å². The molecule has 2 N–H and O–H groups in total. The van der Waals surface area contributed by atoms with Crippen LogP contribution >= 0.6 is 11.3 Å². The maximum atomic E-state index is 13.4. The minimum atomic E-state index is -4.70. The molecule has 1 aliphatic rings. The summed E-state index contributed by atoms with van der Waals surface area (Å²) in [6.07, 6.45) is -1.43. The highest BCUT2D eigenvalue weighted by Crippen LogP contribution is 2.36. The number of ether oxygens (including phenoxy) is 1. The first kappa shape index (κ1) is 20.1. The van der Waals surface area contributed by atoms with Gasteiger partial charge >= 0.3 is 6.18 Å². The number of anilines is 2. The van der Waals surface area contributed by atoms with Crippen molar-refractivity contribution in [3.8, 4) is 0 Å².